The molecule has 8 heteroatoms. The van der Waals surface area contributed by atoms with Gasteiger partial charge >= 0.3 is 0 Å². The van der Waals surface area contributed by atoms with E-state index in [-0.39, 0.29) is 29.9 Å². The predicted molar refractivity (Wildman–Crippen MR) is 111 cm³/mol. The third-order valence-corrected chi connectivity index (χ3v) is 4.84. The molecule has 0 bridgehead atoms. The van der Waals surface area contributed by atoms with Crippen LogP contribution in [0.25, 0.3) is 0 Å². The van der Waals surface area contributed by atoms with Crippen LogP contribution in [0.4, 0.5) is 0 Å². The lowest BCUT2D eigenvalue weighted by molar-refractivity contribution is 0.0958. The fourth-order valence-electron chi connectivity index (χ4n) is 2.70. The molecule has 0 saturated heterocycles. The number of carbonyl (C=O) groups is 1. The number of aryl methyl sites for hydroxylation is 1. The van der Waals surface area contributed by atoms with Crippen LogP contribution < -0.4 is 16.0 Å². The standard InChI is InChI=1S/C16H27N5OS.HI/c1-3-17-16(21-13-7-5-4-6-8-13)19-10-9-18-15(22)14-12(2)20-11-23-14;/h11,13H,3-10H2,1-2H3,(H,18,22)(H2,17,19,21);1H. The minimum absolute atomic E-state index is 0. The summed E-state index contributed by atoms with van der Waals surface area (Å²) in [5, 5.41) is 9.67. The van der Waals surface area contributed by atoms with E-state index in [0.717, 1.165) is 18.2 Å². The normalized spacial score (nSPS) is 15.5. The Kier molecular flexibility index (Phi) is 10.2. The van der Waals surface area contributed by atoms with Gasteiger partial charge in [-0.05, 0) is 26.7 Å². The molecule has 3 N–H and O–H groups in total. The summed E-state index contributed by atoms with van der Waals surface area (Å²) < 4.78 is 0. The molecule has 0 radical (unpaired) electrons. The number of guanidine groups is 1. The average Bonchev–Trinajstić information content (AvgIpc) is 2.98. The zero-order valence-corrected chi connectivity index (χ0v) is 17.6. The van der Waals surface area contributed by atoms with Gasteiger partial charge in [0, 0.05) is 19.1 Å². The minimum atomic E-state index is -0.0644. The monoisotopic (exact) mass is 465 g/mol. The molecule has 1 aliphatic rings. The van der Waals surface area contributed by atoms with Crippen LogP contribution in [0.2, 0.25) is 0 Å². The fourth-order valence-corrected chi connectivity index (χ4v) is 3.42. The van der Waals surface area contributed by atoms with Crippen molar-refractivity contribution < 1.29 is 4.79 Å². The number of carbonyl (C=O) groups excluding carboxylic acids is 1. The molecule has 1 amide bonds. The number of halogens is 1. The topological polar surface area (TPSA) is 78.4 Å². The first kappa shape index (κ1) is 21.1. The van der Waals surface area contributed by atoms with E-state index in [1.54, 1.807) is 5.51 Å². The molecule has 2 rings (SSSR count). The van der Waals surface area contributed by atoms with Crippen molar-refractivity contribution in [1.29, 1.82) is 0 Å². The van der Waals surface area contributed by atoms with Crippen molar-refractivity contribution in [2.75, 3.05) is 19.6 Å². The molecule has 0 unspecified atom stereocenters. The van der Waals surface area contributed by atoms with E-state index in [9.17, 15) is 4.79 Å². The van der Waals surface area contributed by atoms with Gasteiger partial charge in [0.2, 0.25) is 0 Å². The average molecular weight is 465 g/mol. The lowest BCUT2D eigenvalue weighted by Crippen LogP contribution is -2.44. The second-order valence-corrected chi connectivity index (χ2v) is 6.62. The third kappa shape index (κ3) is 6.92. The van der Waals surface area contributed by atoms with E-state index in [0.29, 0.717) is 24.0 Å². The minimum Gasteiger partial charge on any atom is -0.357 e. The molecule has 136 valence electrons. The summed E-state index contributed by atoms with van der Waals surface area (Å²) in [6.07, 6.45) is 6.36. The van der Waals surface area contributed by atoms with Crippen LogP contribution in [0.5, 0.6) is 0 Å². The van der Waals surface area contributed by atoms with Crippen molar-refractivity contribution >= 4 is 47.2 Å². The van der Waals surface area contributed by atoms with Crippen LogP contribution in [-0.2, 0) is 0 Å². The van der Waals surface area contributed by atoms with Crippen molar-refractivity contribution in [3.8, 4) is 0 Å². The van der Waals surface area contributed by atoms with Crippen LogP contribution >= 0.6 is 35.3 Å². The van der Waals surface area contributed by atoms with Crippen molar-refractivity contribution in [2.45, 2.75) is 52.0 Å². The molecule has 0 aliphatic heterocycles. The van der Waals surface area contributed by atoms with Crippen LogP contribution in [0.15, 0.2) is 10.5 Å². The Morgan fingerprint density at radius 1 is 1.33 bits per heavy atom. The van der Waals surface area contributed by atoms with Gasteiger partial charge in [0.1, 0.15) is 4.88 Å². The van der Waals surface area contributed by atoms with Crippen LogP contribution in [0.1, 0.15) is 54.4 Å². The number of nitrogens with zero attached hydrogens (tertiary/aromatic N) is 2. The van der Waals surface area contributed by atoms with Crippen molar-refractivity contribution in [2.24, 2.45) is 4.99 Å². The molecule has 1 aliphatic carbocycles. The number of thiazole rings is 1. The molecular formula is C16H28IN5OS. The van der Waals surface area contributed by atoms with E-state index in [4.69, 9.17) is 0 Å². The van der Waals surface area contributed by atoms with Gasteiger partial charge in [-0.25, -0.2) is 4.98 Å². The highest BCUT2D eigenvalue weighted by Crippen LogP contribution is 2.17. The highest BCUT2D eigenvalue weighted by molar-refractivity contribution is 14.0. The lowest BCUT2D eigenvalue weighted by atomic mass is 9.96. The molecule has 1 aromatic rings. The van der Waals surface area contributed by atoms with E-state index in [2.05, 4.69) is 32.9 Å². The largest absolute Gasteiger partial charge is 0.357 e. The van der Waals surface area contributed by atoms with Gasteiger partial charge < -0.3 is 16.0 Å². The van der Waals surface area contributed by atoms with Crippen molar-refractivity contribution in [1.82, 2.24) is 20.9 Å². The first-order valence-corrected chi connectivity index (χ1v) is 9.31. The second kappa shape index (κ2) is 11.6. The number of aromatic nitrogens is 1. The second-order valence-electron chi connectivity index (χ2n) is 5.76. The predicted octanol–water partition coefficient (Wildman–Crippen LogP) is 2.69. The van der Waals surface area contributed by atoms with Gasteiger partial charge in [-0.15, -0.1) is 35.3 Å². The van der Waals surface area contributed by atoms with Crippen LogP contribution in [0, 0.1) is 6.92 Å². The van der Waals surface area contributed by atoms with E-state index < -0.39 is 0 Å². The number of rotatable bonds is 6. The smallest absolute Gasteiger partial charge is 0.263 e. The Morgan fingerprint density at radius 3 is 2.71 bits per heavy atom. The maximum atomic E-state index is 12.0. The summed E-state index contributed by atoms with van der Waals surface area (Å²) in [5.74, 6) is 0.785. The number of aliphatic imine (C=N–C) groups is 1. The summed E-state index contributed by atoms with van der Waals surface area (Å²) in [5.41, 5.74) is 2.48. The quantitative estimate of drug-likeness (QED) is 0.261. The molecule has 0 atom stereocenters. The number of amides is 1. The summed E-state index contributed by atoms with van der Waals surface area (Å²) in [7, 11) is 0. The maximum Gasteiger partial charge on any atom is 0.263 e. The van der Waals surface area contributed by atoms with Gasteiger partial charge in [0.05, 0.1) is 17.7 Å². The van der Waals surface area contributed by atoms with Gasteiger partial charge in [0.25, 0.3) is 5.91 Å². The lowest BCUT2D eigenvalue weighted by Gasteiger charge is -2.24. The van der Waals surface area contributed by atoms with E-state index in [1.165, 1.54) is 43.4 Å². The number of hydrogen-bond donors (Lipinski definition) is 3. The third-order valence-electron chi connectivity index (χ3n) is 3.91. The SMILES string of the molecule is CCNC(=NCCNC(=O)c1scnc1C)NC1CCCCC1.I. The molecular weight excluding hydrogens is 437 g/mol. The first-order chi connectivity index (χ1) is 11.2. The summed E-state index contributed by atoms with van der Waals surface area (Å²) in [6, 6.07) is 0.524. The highest BCUT2D eigenvalue weighted by atomic mass is 127. The van der Waals surface area contributed by atoms with Crippen LogP contribution in [-0.4, -0.2) is 42.5 Å². The molecule has 1 fully saturated rings. The molecule has 1 saturated carbocycles. The van der Waals surface area contributed by atoms with Crippen molar-refractivity contribution in [3.63, 3.8) is 0 Å². The van der Waals surface area contributed by atoms with Crippen molar-refractivity contribution in [3.05, 3.63) is 16.1 Å². The first-order valence-electron chi connectivity index (χ1n) is 8.43. The number of nitrogens with one attached hydrogen (secondary N) is 3. The molecule has 1 heterocycles. The van der Waals surface area contributed by atoms with Gasteiger partial charge in [0.15, 0.2) is 5.96 Å². The highest BCUT2D eigenvalue weighted by Gasteiger charge is 2.14. The maximum absolute atomic E-state index is 12.0. The molecule has 6 nitrogen and oxygen atoms in total. The van der Waals surface area contributed by atoms with Gasteiger partial charge in [-0.2, -0.15) is 0 Å². The van der Waals surface area contributed by atoms with Crippen LogP contribution in [0.3, 0.4) is 0 Å². The van der Waals surface area contributed by atoms with Gasteiger partial charge in [-0.3, -0.25) is 9.79 Å². The molecule has 0 aromatic carbocycles. The molecule has 24 heavy (non-hydrogen) atoms. The summed E-state index contributed by atoms with van der Waals surface area (Å²) in [4.78, 5) is 21.3. The van der Waals surface area contributed by atoms with E-state index >= 15 is 0 Å². The Labute approximate surface area is 165 Å². The fraction of sp³-hybridized carbons (Fsp3) is 0.688. The summed E-state index contributed by atoms with van der Waals surface area (Å²) >= 11 is 1.37. The Morgan fingerprint density at radius 2 is 2.08 bits per heavy atom. The Hall–Kier alpha value is -0.900. The van der Waals surface area contributed by atoms with E-state index in [1.807, 2.05) is 6.92 Å². The Balaban J connectivity index is 0.00000288. The number of hydrogen-bond acceptors (Lipinski definition) is 4. The molecule has 1 aromatic heterocycles. The zero-order valence-electron chi connectivity index (χ0n) is 14.4. The van der Waals surface area contributed by atoms with Gasteiger partial charge in [-0.1, -0.05) is 19.3 Å². The Bertz CT molecular complexity index is 528. The zero-order chi connectivity index (χ0) is 16.5. The molecule has 0 spiro atoms. The summed E-state index contributed by atoms with van der Waals surface area (Å²) in [6.45, 7) is 5.83.